The lowest BCUT2D eigenvalue weighted by atomic mass is 9.89. The Morgan fingerprint density at radius 2 is 2.10 bits per heavy atom. The van der Waals surface area contributed by atoms with Crippen LogP contribution in [0.5, 0.6) is 0 Å². The van der Waals surface area contributed by atoms with Gasteiger partial charge in [-0.15, -0.1) is 0 Å². The Bertz CT molecular complexity index is 636. The fourth-order valence-corrected chi connectivity index (χ4v) is 2.99. The molecule has 1 fully saturated rings. The lowest BCUT2D eigenvalue weighted by molar-refractivity contribution is -0.00863. The van der Waals surface area contributed by atoms with Crippen LogP contribution in [0.3, 0.4) is 0 Å². The Morgan fingerprint density at radius 1 is 1.43 bits per heavy atom. The van der Waals surface area contributed by atoms with Gasteiger partial charge < -0.3 is 10.1 Å². The van der Waals surface area contributed by atoms with Gasteiger partial charge >= 0.3 is 0 Å². The molecule has 1 aromatic rings. The molecule has 6 nitrogen and oxygen atoms in total. The van der Waals surface area contributed by atoms with Crippen LogP contribution in [0.2, 0.25) is 0 Å². The number of rotatable bonds is 5. The van der Waals surface area contributed by atoms with E-state index in [2.05, 4.69) is 5.32 Å². The minimum Gasteiger partial charge on any atom is -0.378 e. The van der Waals surface area contributed by atoms with Crippen LogP contribution in [0.15, 0.2) is 23.1 Å². The number of primary sulfonamides is 1. The highest BCUT2D eigenvalue weighted by molar-refractivity contribution is 7.89. The molecule has 3 N–H and O–H groups in total. The van der Waals surface area contributed by atoms with Crippen molar-refractivity contribution in [2.24, 2.45) is 5.14 Å². The summed E-state index contributed by atoms with van der Waals surface area (Å²) in [5.74, 6) is -0.201. The van der Waals surface area contributed by atoms with Crippen molar-refractivity contribution in [2.75, 3.05) is 6.61 Å². The predicted octanol–water partition coefficient (Wildman–Crippen LogP) is 0.940. The zero-order valence-corrected chi connectivity index (χ0v) is 12.9. The van der Waals surface area contributed by atoms with E-state index in [4.69, 9.17) is 9.88 Å². The highest BCUT2D eigenvalue weighted by Crippen LogP contribution is 2.24. The van der Waals surface area contributed by atoms with E-state index in [9.17, 15) is 13.2 Å². The summed E-state index contributed by atoms with van der Waals surface area (Å²) in [5.41, 5.74) is 1.04. The summed E-state index contributed by atoms with van der Waals surface area (Å²) in [7, 11) is -3.75. The summed E-state index contributed by atoms with van der Waals surface area (Å²) in [4.78, 5) is 12.2. The van der Waals surface area contributed by atoms with Gasteiger partial charge in [0.15, 0.2) is 0 Å². The first-order chi connectivity index (χ1) is 9.81. The number of hydrogen-bond donors (Lipinski definition) is 2. The lowest BCUT2D eigenvalue weighted by Gasteiger charge is -2.35. The molecule has 1 aliphatic rings. The number of nitrogens with two attached hydrogens (primary N) is 1. The molecular weight excluding hydrogens is 292 g/mol. The number of benzene rings is 1. The molecule has 116 valence electrons. The zero-order chi connectivity index (χ0) is 15.6. The maximum Gasteiger partial charge on any atom is 0.251 e. The van der Waals surface area contributed by atoms with Crippen molar-refractivity contribution in [2.45, 2.75) is 43.7 Å². The SMILES string of the molecule is CCOC1CC(NC(=O)c2ccc(S(N)(=O)=O)cc2C)C1. The Hall–Kier alpha value is -1.44. The Balaban J connectivity index is 2.01. The highest BCUT2D eigenvalue weighted by Gasteiger charge is 2.31. The van der Waals surface area contributed by atoms with Gasteiger partial charge in [-0.3, -0.25) is 4.79 Å². The monoisotopic (exact) mass is 312 g/mol. The molecule has 0 bridgehead atoms. The van der Waals surface area contributed by atoms with Gasteiger partial charge in [-0.05, 0) is 50.5 Å². The Kier molecular flexibility index (Phi) is 4.65. The fraction of sp³-hybridized carbons (Fsp3) is 0.500. The molecule has 0 aliphatic heterocycles. The van der Waals surface area contributed by atoms with E-state index in [-0.39, 0.29) is 22.9 Å². The molecule has 0 aromatic heterocycles. The molecule has 1 saturated carbocycles. The van der Waals surface area contributed by atoms with Crippen LogP contribution in [0.4, 0.5) is 0 Å². The number of nitrogens with one attached hydrogen (secondary N) is 1. The summed E-state index contributed by atoms with van der Waals surface area (Å²) in [5, 5.41) is 7.99. The molecule has 1 aliphatic carbocycles. The quantitative estimate of drug-likeness (QED) is 0.845. The number of ether oxygens (including phenoxy) is 1. The second kappa shape index (κ2) is 6.13. The third-order valence-corrected chi connectivity index (χ3v) is 4.51. The van der Waals surface area contributed by atoms with Crippen LogP contribution in [-0.4, -0.2) is 33.1 Å². The van der Waals surface area contributed by atoms with Crippen molar-refractivity contribution in [3.8, 4) is 0 Å². The van der Waals surface area contributed by atoms with Crippen LogP contribution in [0.25, 0.3) is 0 Å². The van der Waals surface area contributed by atoms with E-state index in [1.165, 1.54) is 18.2 Å². The van der Waals surface area contributed by atoms with Crippen LogP contribution < -0.4 is 10.5 Å². The van der Waals surface area contributed by atoms with Gasteiger partial charge in [-0.2, -0.15) is 0 Å². The van der Waals surface area contributed by atoms with E-state index >= 15 is 0 Å². The number of sulfonamides is 1. The van der Waals surface area contributed by atoms with Crippen LogP contribution in [0.1, 0.15) is 35.7 Å². The van der Waals surface area contributed by atoms with E-state index in [1.54, 1.807) is 6.92 Å². The molecule has 1 aromatic carbocycles. The largest absolute Gasteiger partial charge is 0.378 e. The summed E-state index contributed by atoms with van der Waals surface area (Å²) < 4.78 is 28.0. The van der Waals surface area contributed by atoms with Crippen LogP contribution in [-0.2, 0) is 14.8 Å². The van der Waals surface area contributed by atoms with E-state index in [0.29, 0.717) is 17.7 Å². The van der Waals surface area contributed by atoms with Crippen LogP contribution in [0, 0.1) is 6.92 Å². The average Bonchev–Trinajstić information content (AvgIpc) is 2.34. The van der Waals surface area contributed by atoms with Gasteiger partial charge in [0, 0.05) is 18.2 Å². The molecule has 0 saturated heterocycles. The van der Waals surface area contributed by atoms with E-state index in [1.807, 2.05) is 6.92 Å². The molecule has 0 atom stereocenters. The Morgan fingerprint density at radius 3 is 2.62 bits per heavy atom. The lowest BCUT2D eigenvalue weighted by Crippen LogP contribution is -2.47. The molecule has 0 radical (unpaired) electrons. The molecule has 0 spiro atoms. The van der Waals surface area contributed by atoms with Gasteiger partial charge in [0.2, 0.25) is 10.0 Å². The third-order valence-electron chi connectivity index (χ3n) is 3.60. The first kappa shape index (κ1) is 15.9. The minimum atomic E-state index is -3.75. The summed E-state index contributed by atoms with van der Waals surface area (Å²) in [6.45, 7) is 4.31. The average molecular weight is 312 g/mol. The van der Waals surface area contributed by atoms with Crippen molar-refractivity contribution < 1.29 is 17.9 Å². The second-order valence-corrected chi connectivity index (χ2v) is 6.80. The van der Waals surface area contributed by atoms with Crippen molar-refractivity contribution in [3.63, 3.8) is 0 Å². The van der Waals surface area contributed by atoms with Crippen LogP contribution >= 0.6 is 0 Å². The molecule has 21 heavy (non-hydrogen) atoms. The highest BCUT2D eigenvalue weighted by atomic mass is 32.2. The molecule has 2 rings (SSSR count). The smallest absolute Gasteiger partial charge is 0.251 e. The standard InChI is InChI=1S/C14H20N2O4S/c1-3-20-11-7-10(8-11)16-14(17)13-5-4-12(6-9(13)2)21(15,18)19/h4-6,10-11H,3,7-8H2,1-2H3,(H,16,17)(H2,15,18,19). The van der Waals surface area contributed by atoms with Crippen molar-refractivity contribution >= 4 is 15.9 Å². The number of aryl methyl sites for hydroxylation is 1. The molecule has 1 amide bonds. The van der Waals surface area contributed by atoms with E-state index in [0.717, 1.165) is 12.8 Å². The molecule has 0 unspecified atom stereocenters. The topological polar surface area (TPSA) is 98.5 Å². The first-order valence-corrected chi connectivity index (χ1v) is 8.41. The number of hydrogen-bond acceptors (Lipinski definition) is 4. The molecule has 7 heteroatoms. The van der Waals surface area contributed by atoms with Crippen molar-refractivity contribution in [1.82, 2.24) is 5.32 Å². The van der Waals surface area contributed by atoms with Crippen molar-refractivity contribution in [3.05, 3.63) is 29.3 Å². The zero-order valence-electron chi connectivity index (χ0n) is 12.1. The first-order valence-electron chi connectivity index (χ1n) is 6.87. The number of carbonyl (C=O) groups excluding carboxylic acids is 1. The Labute approximate surface area is 124 Å². The third kappa shape index (κ3) is 3.81. The number of amides is 1. The maximum atomic E-state index is 12.2. The van der Waals surface area contributed by atoms with Gasteiger partial charge in [0.25, 0.3) is 5.91 Å². The summed E-state index contributed by atoms with van der Waals surface area (Å²) in [6.07, 6.45) is 1.85. The van der Waals surface area contributed by atoms with Crippen molar-refractivity contribution in [1.29, 1.82) is 0 Å². The maximum absolute atomic E-state index is 12.2. The molecular formula is C14H20N2O4S. The summed E-state index contributed by atoms with van der Waals surface area (Å²) >= 11 is 0. The van der Waals surface area contributed by atoms with Gasteiger partial charge in [-0.1, -0.05) is 0 Å². The number of carbonyl (C=O) groups is 1. The fourth-order valence-electron chi connectivity index (χ4n) is 2.39. The second-order valence-electron chi connectivity index (χ2n) is 5.24. The van der Waals surface area contributed by atoms with Gasteiger partial charge in [0.1, 0.15) is 0 Å². The minimum absolute atomic E-state index is 0.0107. The predicted molar refractivity (Wildman–Crippen MR) is 78.5 cm³/mol. The van der Waals surface area contributed by atoms with Gasteiger partial charge in [-0.25, -0.2) is 13.6 Å². The molecule has 0 heterocycles. The van der Waals surface area contributed by atoms with E-state index < -0.39 is 10.0 Å². The van der Waals surface area contributed by atoms with Gasteiger partial charge in [0.05, 0.1) is 11.0 Å². The summed E-state index contributed by atoms with van der Waals surface area (Å²) in [6, 6.07) is 4.37. The normalized spacial score (nSPS) is 21.7.